The van der Waals surface area contributed by atoms with Gasteiger partial charge in [0.1, 0.15) is 0 Å². The molecule has 3 unspecified atom stereocenters. The first kappa shape index (κ1) is 17.5. The summed E-state index contributed by atoms with van der Waals surface area (Å²) < 4.78 is 41.2. The zero-order chi connectivity index (χ0) is 17.9. The van der Waals surface area contributed by atoms with Crippen LogP contribution < -0.4 is 0 Å². The Hall–Kier alpha value is -1.27. The molecule has 136 valence electrons. The monoisotopic (exact) mass is 347 g/mol. The quantitative estimate of drug-likeness (QED) is 0.849. The van der Waals surface area contributed by atoms with Gasteiger partial charge in [-0.1, -0.05) is 6.92 Å². The first-order valence-corrected chi connectivity index (χ1v) is 8.53. The highest BCUT2D eigenvalue weighted by molar-refractivity contribution is 5.84. The third-order valence-electron chi connectivity index (χ3n) is 6.43. The molecule has 4 saturated carbocycles. The smallest absolute Gasteiger partial charge is 0.394 e. The summed E-state index contributed by atoms with van der Waals surface area (Å²) >= 11 is 0. The molecule has 3 atom stereocenters. The summed E-state index contributed by atoms with van der Waals surface area (Å²) in [7, 11) is 1.51. The number of carboxylic acids is 1. The highest BCUT2D eigenvalue weighted by Gasteiger charge is 2.69. The number of nitrogens with zero attached hydrogens (tertiary/aromatic N) is 1. The number of amides is 1. The summed E-state index contributed by atoms with van der Waals surface area (Å²) in [6.07, 6.45) is -2.26. The minimum Gasteiger partial charge on any atom is -0.481 e. The number of aliphatic carboxylic acids is 1. The maximum absolute atomic E-state index is 13.7. The number of rotatable bonds is 4. The highest BCUT2D eigenvalue weighted by atomic mass is 19.4. The SMILES string of the molecule is CC(CN(C)C(=O)C12CC3CC(C1)CC(C(F)(F)F)(C3)C2)C(=O)O. The predicted molar refractivity (Wildman–Crippen MR) is 80.0 cm³/mol. The van der Waals surface area contributed by atoms with Crippen LogP contribution in [0.5, 0.6) is 0 Å². The zero-order valence-electron chi connectivity index (χ0n) is 14.0. The molecular formula is C17H24F3NO3. The number of hydrogen-bond acceptors (Lipinski definition) is 2. The van der Waals surface area contributed by atoms with Gasteiger partial charge in [-0.2, -0.15) is 13.2 Å². The topological polar surface area (TPSA) is 57.6 Å². The van der Waals surface area contributed by atoms with Crippen molar-refractivity contribution < 1.29 is 27.9 Å². The van der Waals surface area contributed by atoms with E-state index in [1.165, 1.54) is 18.9 Å². The van der Waals surface area contributed by atoms with Crippen LogP contribution in [0.3, 0.4) is 0 Å². The second-order valence-electron chi connectivity index (χ2n) is 8.44. The number of carbonyl (C=O) groups excluding carboxylic acids is 1. The standard InChI is InChI=1S/C17H24F3NO3/c1-10(13(22)23)8-21(2)14(24)15-4-11-3-12(5-15)7-16(6-11,9-15)17(18,19)20/h10-12H,3-9H2,1-2H3,(H,22,23). The Morgan fingerprint density at radius 3 is 2.21 bits per heavy atom. The van der Waals surface area contributed by atoms with Crippen molar-refractivity contribution in [1.82, 2.24) is 4.90 Å². The van der Waals surface area contributed by atoms with E-state index in [9.17, 15) is 22.8 Å². The van der Waals surface area contributed by atoms with Gasteiger partial charge in [-0.05, 0) is 50.4 Å². The second kappa shape index (κ2) is 5.36. The van der Waals surface area contributed by atoms with Gasteiger partial charge < -0.3 is 10.0 Å². The van der Waals surface area contributed by atoms with Gasteiger partial charge in [0, 0.05) is 13.6 Å². The normalized spacial score (nSPS) is 38.9. The van der Waals surface area contributed by atoms with E-state index in [0.29, 0.717) is 12.8 Å². The number of halogens is 3. The van der Waals surface area contributed by atoms with Crippen LogP contribution in [0.1, 0.15) is 45.4 Å². The fraction of sp³-hybridized carbons (Fsp3) is 0.882. The molecule has 4 nitrogen and oxygen atoms in total. The molecule has 0 aromatic rings. The molecule has 7 heteroatoms. The van der Waals surface area contributed by atoms with Crippen LogP contribution in [0, 0.1) is 28.6 Å². The van der Waals surface area contributed by atoms with Crippen LogP contribution >= 0.6 is 0 Å². The first-order valence-electron chi connectivity index (χ1n) is 8.53. The van der Waals surface area contributed by atoms with Gasteiger partial charge in [0.25, 0.3) is 0 Å². The summed E-state index contributed by atoms with van der Waals surface area (Å²) in [5.41, 5.74) is -2.67. The van der Waals surface area contributed by atoms with Gasteiger partial charge in [-0.25, -0.2) is 0 Å². The highest BCUT2D eigenvalue weighted by Crippen LogP contribution is 2.69. The van der Waals surface area contributed by atoms with E-state index in [-0.39, 0.29) is 43.6 Å². The Balaban J connectivity index is 1.85. The summed E-state index contributed by atoms with van der Waals surface area (Å²) in [6, 6.07) is 0. The van der Waals surface area contributed by atoms with Crippen LogP contribution in [0.15, 0.2) is 0 Å². The molecular weight excluding hydrogens is 323 g/mol. The second-order valence-corrected chi connectivity index (χ2v) is 8.44. The van der Waals surface area contributed by atoms with Gasteiger partial charge in [0.15, 0.2) is 0 Å². The van der Waals surface area contributed by atoms with Crippen molar-refractivity contribution in [2.45, 2.75) is 51.6 Å². The van der Waals surface area contributed by atoms with Crippen LogP contribution in [0.4, 0.5) is 13.2 Å². The van der Waals surface area contributed by atoms with Gasteiger partial charge in [0.05, 0.1) is 16.7 Å². The van der Waals surface area contributed by atoms with Crippen molar-refractivity contribution in [2.75, 3.05) is 13.6 Å². The average molecular weight is 347 g/mol. The molecule has 4 aliphatic rings. The minimum atomic E-state index is -4.27. The third-order valence-corrected chi connectivity index (χ3v) is 6.43. The van der Waals surface area contributed by atoms with Crippen LogP contribution in [0.2, 0.25) is 0 Å². The van der Waals surface area contributed by atoms with Crippen LogP contribution in [0.25, 0.3) is 0 Å². The average Bonchev–Trinajstić information content (AvgIpc) is 2.43. The van der Waals surface area contributed by atoms with Crippen LogP contribution in [-0.4, -0.2) is 41.7 Å². The molecule has 4 bridgehead atoms. The molecule has 1 amide bonds. The Bertz CT molecular complexity index is 546. The lowest BCUT2D eigenvalue weighted by molar-refractivity contribution is -0.284. The Labute approximate surface area is 139 Å². The first-order chi connectivity index (χ1) is 11.0. The molecule has 1 N–H and O–H groups in total. The Morgan fingerprint density at radius 2 is 1.75 bits per heavy atom. The van der Waals surface area contributed by atoms with E-state index in [4.69, 9.17) is 5.11 Å². The molecule has 4 fully saturated rings. The van der Waals surface area contributed by atoms with Crippen LogP contribution in [-0.2, 0) is 9.59 Å². The van der Waals surface area contributed by atoms with Gasteiger partial charge in [0.2, 0.25) is 5.91 Å². The molecule has 0 heterocycles. The van der Waals surface area contributed by atoms with Crippen molar-refractivity contribution in [3.63, 3.8) is 0 Å². The number of alkyl halides is 3. The largest absolute Gasteiger partial charge is 0.481 e. The van der Waals surface area contributed by atoms with Gasteiger partial charge >= 0.3 is 12.1 Å². The van der Waals surface area contributed by atoms with E-state index in [1.807, 2.05) is 0 Å². The molecule has 4 aliphatic carbocycles. The molecule has 0 saturated heterocycles. The van der Waals surface area contributed by atoms with E-state index in [2.05, 4.69) is 0 Å². The molecule has 24 heavy (non-hydrogen) atoms. The molecule has 0 aromatic heterocycles. The number of carboxylic acid groups (broad SMARTS) is 1. The zero-order valence-corrected chi connectivity index (χ0v) is 14.0. The van der Waals surface area contributed by atoms with E-state index in [1.54, 1.807) is 0 Å². The van der Waals surface area contributed by atoms with Gasteiger partial charge in [-0.3, -0.25) is 9.59 Å². The third kappa shape index (κ3) is 2.60. The van der Waals surface area contributed by atoms with E-state index in [0.717, 1.165) is 6.42 Å². The van der Waals surface area contributed by atoms with Crippen molar-refractivity contribution in [1.29, 1.82) is 0 Å². The maximum atomic E-state index is 13.7. The fourth-order valence-electron chi connectivity index (χ4n) is 5.82. The fourth-order valence-corrected chi connectivity index (χ4v) is 5.82. The van der Waals surface area contributed by atoms with Crippen molar-refractivity contribution in [3.8, 4) is 0 Å². The van der Waals surface area contributed by atoms with Crippen molar-refractivity contribution in [2.24, 2.45) is 28.6 Å². The number of hydrogen-bond donors (Lipinski definition) is 1. The van der Waals surface area contributed by atoms with Gasteiger partial charge in [-0.15, -0.1) is 0 Å². The molecule has 4 rings (SSSR count). The predicted octanol–water partition coefficient (Wildman–Crippen LogP) is 3.31. The van der Waals surface area contributed by atoms with E-state index >= 15 is 0 Å². The summed E-state index contributed by atoms with van der Waals surface area (Å²) in [5.74, 6) is -2.11. The minimum absolute atomic E-state index is 0.0320. The van der Waals surface area contributed by atoms with Crippen molar-refractivity contribution >= 4 is 11.9 Å². The maximum Gasteiger partial charge on any atom is 0.394 e. The summed E-state index contributed by atoms with van der Waals surface area (Å²) in [6.45, 7) is 1.53. The molecule has 0 radical (unpaired) electrons. The lowest BCUT2D eigenvalue weighted by atomic mass is 9.43. The Morgan fingerprint density at radius 1 is 1.21 bits per heavy atom. The molecule has 0 spiro atoms. The summed E-state index contributed by atoms with van der Waals surface area (Å²) in [5, 5.41) is 9.01. The lowest BCUT2D eigenvalue weighted by Crippen LogP contribution is -2.61. The van der Waals surface area contributed by atoms with E-state index < -0.39 is 28.9 Å². The molecule has 0 aromatic carbocycles. The lowest BCUT2D eigenvalue weighted by Gasteiger charge is -2.61. The Kier molecular flexibility index (Phi) is 3.92. The van der Waals surface area contributed by atoms with Crippen molar-refractivity contribution in [3.05, 3.63) is 0 Å². The number of carbonyl (C=O) groups is 2. The summed E-state index contributed by atoms with van der Waals surface area (Å²) in [4.78, 5) is 25.3. The molecule has 0 aliphatic heterocycles.